The van der Waals surface area contributed by atoms with Crippen LogP contribution >= 0.6 is 0 Å². The highest BCUT2D eigenvalue weighted by Crippen LogP contribution is 2.37. The quantitative estimate of drug-likeness (QED) is 0.787. The maximum atomic E-state index is 11.1. The fraction of sp³-hybridized carbons (Fsp3) is 0.471. The van der Waals surface area contributed by atoms with E-state index in [2.05, 4.69) is 22.2 Å². The lowest BCUT2D eigenvalue weighted by molar-refractivity contribution is 0.0698. The molecule has 0 unspecified atom stereocenters. The van der Waals surface area contributed by atoms with Crippen LogP contribution in [0.2, 0.25) is 0 Å². The Morgan fingerprint density at radius 1 is 1.50 bits per heavy atom. The maximum Gasteiger partial charge on any atom is 0.337 e. The molecule has 1 aliphatic rings. The number of allylic oxidation sites excluding steroid dienone is 1. The Hall–Kier alpha value is -2.17. The van der Waals surface area contributed by atoms with Gasteiger partial charge in [0.05, 0.1) is 17.4 Å². The third-order valence-electron chi connectivity index (χ3n) is 3.50. The molecule has 22 heavy (non-hydrogen) atoms. The Morgan fingerprint density at radius 3 is 2.73 bits per heavy atom. The highest BCUT2D eigenvalue weighted by Gasteiger charge is 2.25. The summed E-state index contributed by atoms with van der Waals surface area (Å²) in [5, 5.41) is 12.3. The van der Waals surface area contributed by atoms with E-state index in [1.807, 2.05) is 20.1 Å². The molecule has 1 aromatic rings. The van der Waals surface area contributed by atoms with E-state index in [4.69, 9.17) is 5.11 Å². The van der Waals surface area contributed by atoms with E-state index >= 15 is 0 Å². The summed E-state index contributed by atoms with van der Waals surface area (Å²) in [6.07, 6.45) is 7.34. The topological polar surface area (TPSA) is 74.6 Å². The Bertz CT molecular complexity index is 561. The number of carboxylic acids is 1. The van der Waals surface area contributed by atoms with Crippen LogP contribution in [0.15, 0.2) is 34.6 Å². The molecule has 1 heterocycles. The predicted molar refractivity (Wildman–Crippen MR) is 90.9 cm³/mol. The minimum absolute atomic E-state index is 0.233. The molecular weight excluding hydrogens is 278 g/mol. The minimum atomic E-state index is -0.955. The first kappa shape index (κ1) is 17.9. The van der Waals surface area contributed by atoms with Crippen molar-refractivity contribution in [3.8, 4) is 0 Å². The first-order chi connectivity index (χ1) is 10.6. The van der Waals surface area contributed by atoms with E-state index in [1.165, 1.54) is 36.9 Å². The van der Waals surface area contributed by atoms with Crippen molar-refractivity contribution >= 4 is 17.9 Å². The van der Waals surface area contributed by atoms with Gasteiger partial charge >= 0.3 is 5.97 Å². The Kier molecular flexibility index (Phi) is 7.29. The van der Waals surface area contributed by atoms with Crippen molar-refractivity contribution in [1.29, 1.82) is 0 Å². The number of pyridine rings is 1. The molecule has 0 aliphatic heterocycles. The van der Waals surface area contributed by atoms with Crippen molar-refractivity contribution in [2.75, 3.05) is 18.9 Å². The number of aliphatic imine (C=N–C) groups is 1. The average molecular weight is 303 g/mol. The monoisotopic (exact) mass is 303 g/mol. The van der Waals surface area contributed by atoms with Gasteiger partial charge in [0.2, 0.25) is 0 Å². The Morgan fingerprint density at radius 2 is 2.18 bits per heavy atom. The summed E-state index contributed by atoms with van der Waals surface area (Å²) in [6, 6.07) is 1.50. The summed E-state index contributed by atoms with van der Waals surface area (Å²) in [5.74, 6) is -0.291. The van der Waals surface area contributed by atoms with Gasteiger partial charge in [-0.25, -0.2) is 4.79 Å². The van der Waals surface area contributed by atoms with Crippen LogP contribution in [0.3, 0.4) is 0 Å². The molecule has 0 atom stereocenters. The summed E-state index contributed by atoms with van der Waals surface area (Å²) in [4.78, 5) is 19.2. The fourth-order valence-corrected chi connectivity index (χ4v) is 2.13. The molecule has 1 fully saturated rings. The van der Waals surface area contributed by atoms with E-state index < -0.39 is 5.97 Å². The molecule has 0 aromatic carbocycles. The van der Waals surface area contributed by atoms with Gasteiger partial charge in [-0.2, -0.15) is 0 Å². The number of rotatable bonds is 6. The number of carboxylic acid groups (broad SMARTS) is 1. The van der Waals surface area contributed by atoms with Crippen molar-refractivity contribution < 1.29 is 9.90 Å². The Balaban J connectivity index is 0.00000116. The zero-order valence-corrected chi connectivity index (χ0v) is 13.8. The van der Waals surface area contributed by atoms with Crippen molar-refractivity contribution in [3.63, 3.8) is 0 Å². The van der Waals surface area contributed by atoms with Gasteiger partial charge in [-0.05, 0) is 37.3 Å². The summed E-state index contributed by atoms with van der Waals surface area (Å²) in [7, 11) is 1.74. The van der Waals surface area contributed by atoms with Gasteiger partial charge in [-0.1, -0.05) is 19.4 Å². The SMILES string of the molecule is CC.CN=C/C(CNc1cnccc1C(=O)O)=C(\C)C1CC1. The smallest absolute Gasteiger partial charge is 0.337 e. The first-order valence-corrected chi connectivity index (χ1v) is 7.66. The lowest BCUT2D eigenvalue weighted by atomic mass is 10.1. The van der Waals surface area contributed by atoms with Crippen molar-refractivity contribution in [2.24, 2.45) is 10.9 Å². The lowest BCUT2D eigenvalue weighted by Crippen LogP contribution is -2.12. The molecular formula is C17H25N3O2. The lowest BCUT2D eigenvalue weighted by Gasteiger charge is -2.11. The van der Waals surface area contributed by atoms with E-state index in [1.54, 1.807) is 7.05 Å². The molecule has 0 radical (unpaired) electrons. The van der Waals surface area contributed by atoms with Crippen LogP contribution in [-0.2, 0) is 0 Å². The van der Waals surface area contributed by atoms with Crippen LogP contribution in [0.5, 0.6) is 0 Å². The van der Waals surface area contributed by atoms with Gasteiger partial charge in [-0.3, -0.25) is 9.98 Å². The first-order valence-electron chi connectivity index (χ1n) is 7.66. The summed E-state index contributed by atoms with van der Waals surface area (Å²) in [6.45, 7) is 6.68. The molecule has 5 nitrogen and oxygen atoms in total. The molecule has 1 saturated carbocycles. The minimum Gasteiger partial charge on any atom is -0.478 e. The summed E-state index contributed by atoms with van der Waals surface area (Å²) in [5.41, 5.74) is 3.22. The van der Waals surface area contributed by atoms with Crippen LogP contribution in [0.4, 0.5) is 5.69 Å². The number of aromatic nitrogens is 1. The van der Waals surface area contributed by atoms with Gasteiger partial charge < -0.3 is 10.4 Å². The van der Waals surface area contributed by atoms with Crippen molar-refractivity contribution in [2.45, 2.75) is 33.6 Å². The average Bonchev–Trinajstić information content (AvgIpc) is 3.37. The van der Waals surface area contributed by atoms with Gasteiger partial charge in [0.25, 0.3) is 0 Å². The summed E-state index contributed by atoms with van der Waals surface area (Å²) < 4.78 is 0. The Labute approximate surface area is 132 Å². The number of nitrogens with zero attached hydrogens (tertiary/aromatic N) is 2. The highest BCUT2D eigenvalue weighted by atomic mass is 16.4. The molecule has 0 bridgehead atoms. The van der Waals surface area contributed by atoms with Crippen molar-refractivity contribution in [3.05, 3.63) is 35.2 Å². The van der Waals surface area contributed by atoms with Crippen LogP contribution in [0.1, 0.15) is 44.0 Å². The third kappa shape index (κ3) is 4.98. The van der Waals surface area contributed by atoms with Crippen LogP contribution in [0, 0.1) is 5.92 Å². The number of carbonyl (C=O) groups is 1. The predicted octanol–water partition coefficient (Wildman–Crippen LogP) is 3.65. The molecule has 5 heteroatoms. The molecule has 0 spiro atoms. The van der Waals surface area contributed by atoms with Crippen LogP contribution in [-0.4, -0.2) is 35.9 Å². The molecule has 1 aliphatic carbocycles. The fourth-order valence-electron chi connectivity index (χ4n) is 2.13. The van der Waals surface area contributed by atoms with E-state index in [0.29, 0.717) is 18.2 Å². The van der Waals surface area contributed by atoms with Crippen LogP contribution in [0.25, 0.3) is 0 Å². The number of nitrogens with one attached hydrogen (secondary N) is 1. The van der Waals surface area contributed by atoms with Gasteiger partial charge in [-0.15, -0.1) is 0 Å². The molecule has 1 aromatic heterocycles. The second-order valence-electron chi connectivity index (χ2n) is 4.95. The second-order valence-corrected chi connectivity index (χ2v) is 4.95. The van der Waals surface area contributed by atoms with Crippen LogP contribution < -0.4 is 5.32 Å². The van der Waals surface area contributed by atoms with Gasteiger partial charge in [0.1, 0.15) is 0 Å². The second kappa shape index (κ2) is 8.97. The van der Waals surface area contributed by atoms with E-state index in [0.717, 1.165) is 5.57 Å². The van der Waals surface area contributed by atoms with Gasteiger partial charge in [0.15, 0.2) is 0 Å². The molecule has 2 N–H and O–H groups in total. The third-order valence-corrected chi connectivity index (χ3v) is 3.50. The molecule has 120 valence electrons. The largest absolute Gasteiger partial charge is 0.478 e. The summed E-state index contributed by atoms with van der Waals surface area (Å²) >= 11 is 0. The van der Waals surface area contributed by atoms with Crippen molar-refractivity contribution in [1.82, 2.24) is 4.98 Å². The standard InChI is InChI=1S/C15H19N3O2.C2H6/c1-10(11-3-4-11)12(7-16-2)8-18-14-9-17-6-5-13(14)15(19)20;1-2/h5-7,9,11,18H,3-4,8H2,1-2H3,(H,19,20);1-2H3/b12-10-,16-7?;. The zero-order chi connectivity index (χ0) is 16.5. The van der Waals surface area contributed by atoms with E-state index in [9.17, 15) is 4.79 Å². The van der Waals surface area contributed by atoms with Gasteiger partial charge in [0, 0.05) is 26.0 Å². The highest BCUT2D eigenvalue weighted by molar-refractivity contribution is 5.94. The number of aromatic carboxylic acids is 1. The molecule has 2 rings (SSSR count). The number of hydrogen-bond donors (Lipinski definition) is 2. The zero-order valence-electron chi connectivity index (χ0n) is 13.8. The molecule has 0 saturated heterocycles. The number of hydrogen-bond acceptors (Lipinski definition) is 4. The maximum absolute atomic E-state index is 11.1. The molecule has 0 amide bonds. The normalized spacial score (nSPS) is 14.9. The number of anilines is 1. The van der Waals surface area contributed by atoms with E-state index in [-0.39, 0.29) is 5.56 Å².